The molecule has 0 bridgehead atoms. The zero-order chi connectivity index (χ0) is 38.9. The van der Waals surface area contributed by atoms with E-state index in [-0.39, 0.29) is 16.4 Å². The minimum atomic E-state index is 0.188. The number of rotatable bonds is 2. The Balaban J connectivity index is 1.22. The number of allylic oxidation sites excluding steroid dienone is 3. The van der Waals surface area contributed by atoms with Crippen LogP contribution in [-0.4, -0.2) is 52.3 Å². The summed E-state index contributed by atoms with van der Waals surface area (Å²) in [6.07, 6.45) is 36.2. The first-order valence-electron chi connectivity index (χ1n) is 24.6. The van der Waals surface area contributed by atoms with Crippen molar-refractivity contribution in [2.24, 2.45) is 39.4 Å². The van der Waals surface area contributed by atoms with Gasteiger partial charge in [-0.05, 0) is 141 Å². The Morgan fingerprint density at radius 3 is 1.95 bits per heavy atom. The molecule has 0 aromatic heterocycles. The van der Waals surface area contributed by atoms with Crippen LogP contribution < -0.4 is 0 Å². The van der Waals surface area contributed by atoms with Gasteiger partial charge in [0.15, 0.2) is 6.71 Å². The summed E-state index contributed by atoms with van der Waals surface area (Å²) in [6.45, 7) is 29.2. The normalized spacial score (nSPS) is 41.1. The van der Waals surface area contributed by atoms with Crippen molar-refractivity contribution in [2.75, 3.05) is 0 Å². The van der Waals surface area contributed by atoms with Crippen molar-refractivity contribution >= 4 is 6.71 Å². The molecule has 1 spiro atoms. The third kappa shape index (κ3) is 6.35. The first-order chi connectivity index (χ1) is 25.9. The van der Waals surface area contributed by atoms with Crippen molar-refractivity contribution in [2.45, 2.75) is 251 Å². The van der Waals surface area contributed by atoms with Gasteiger partial charge in [0.2, 0.25) is 0 Å². The molecule has 0 N–H and O–H groups in total. The molecular formula is C52H85BN2. The van der Waals surface area contributed by atoms with Crippen LogP contribution in [0.5, 0.6) is 0 Å². The summed E-state index contributed by atoms with van der Waals surface area (Å²) in [7, 11) is 0. The van der Waals surface area contributed by atoms with Crippen LogP contribution in [0.1, 0.15) is 198 Å². The zero-order valence-corrected chi connectivity index (χ0v) is 38.0. The highest BCUT2D eigenvalue weighted by Crippen LogP contribution is 2.71. The fraction of sp³-hybridized carbons (Fsp3) is 0.885. The van der Waals surface area contributed by atoms with Crippen molar-refractivity contribution in [3.8, 4) is 0 Å². The molecule has 6 aliphatic carbocycles. The first kappa shape index (κ1) is 39.7. The second-order valence-electron chi connectivity index (χ2n) is 25.3. The lowest BCUT2D eigenvalue weighted by Gasteiger charge is -2.68. The molecule has 306 valence electrons. The van der Waals surface area contributed by atoms with Crippen LogP contribution in [0.15, 0.2) is 34.9 Å². The van der Waals surface area contributed by atoms with Crippen molar-refractivity contribution in [3.63, 3.8) is 0 Å². The van der Waals surface area contributed by atoms with Gasteiger partial charge in [0.05, 0.1) is 0 Å². The minimum absolute atomic E-state index is 0.188. The Bertz CT molecular complexity index is 1520. The topological polar surface area (TPSA) is 6.48 Å². The molecule has 8 atom stereocenters. The highest BCUT2D eigenvalue weighted by molar-refractivity contribution is 6.66. The quantitative estimate of drug-likeness (QED) is 0.158. The molecule has 0 aromatic carbocycles. The van der Waals surface area contributed by atoms with Crippen molar-refractivity contribution in [1.82, 2.24) is 9.80 Å². The molecule has 4 saturated carbocycles. The second kappa shape index (κ2) is 13.9. The van der Waals surface area contributed by atoms with Gasteiger partial charge < -0.3 is 0 Å². The lowest BCUT2D eigenvalue weighted by atomic mass is 9.18. The highest BCUT2D eigenvalue weighted by atomic mass is 15.3. The maximum absolute atomic E-state index is 3.42. The van der Waals surface area contributed by atoms with E-state index in [2.05, 4.69) is 104 Å². The van der Waals surface area contributed by atoms with E-state index in [0.717, 1.165) is 60.3 Å². The maximum Gasteiger partial charge on any atom is 0.162 e. The first-order valence-corrected chi connectivity index (χ1v) is 24.6. The third-order valence-corrected chi connectivity index (χ3v) is 19.5. The smallest absolute Gasteiger partial charge is 0.162 e. The predicted molar refractivity (Wildman–Crippen MR) is 237 cm³/mol. The Morgan fingerprint density at radius 1 is 0.691 bits per heavy atom. The molecule has 0 radical (unpaired) electrons. The van der Waals surface area contributed by atoms with E-state index >= 15 is 0 Å². The van der Waals surface area contributed by atoms with Gasteiger partial charge in [0.25, 0.3) is 0 Å². The molecule has 7 fully saturated rings. The van der Waals surface area contributed by atoms with Crippen molar-refractivity contribution < 1.29 is 0 Å². The molecule has 3 aliphatic heterocycles. The summed E-state index contributed by atoms with van der Waals surface area (Å²) in [6, 6.07) is 3.64. The lowest BCUT2D eigenvalue weighted by Crippen LogP contribution is -2.74. The van der Waals surface area contributed by atoms with Crippen LogP contribution in [0.25, 0.3) is 0 Å². The van der Waals surface area contributed by atoms with E-state index in [0.29, 0.717) is 22.7 Å². The fourth-order valence-corrected chi connectivity index (χ4v) is 16.7. The number of hydrogen-bond acceptors (Lipinski definition) is 2. The molecular weight excluding hydrogens is 663 g/mol. The maximum atomic E-state index is 3.42. The molecule has 9 rings (SSSR count). The second-order valence-corrected chi connectivity index (χ2v) is 25.3. The Labute approximate surface area is 341 Å². The molecule has 3 heteroatoms. The van der Waals surface area contributed by atoms with Crippen LogP contribution in [0.3, 0.4) is 0 Å². The summed E-state index contributed by atoms with van der Waals surface area (Å²) in [4.78, 5) is 6.81. The van der Waals surface area contributed by atoms with E-state index in [4.69, 9.17) is 0 Å². The van der Waals surface area contributed by atoms with Gasteiger partial charge in [-0.3, -0.25) is 9.80 Å². The molecule has 0 aromatic rings. The van der Waals surface area contributed by atoms with Gasteiger partial charge in [-0.1, -0.05) is 144 Å². The van der Waals surface area contributed by atoms with E-state index in [1.54, 1.807) is 11.1 Å². The monoisotopic (exact) mass is 749 g/mol. The van der Waals surface area contributed by atoms with Gasteiger partial charge in [0, 0.05) is 41.2 Å². The molecule has 9 aliphatic rings. The molecule has 3 saturated heterocycles. The summed E-state index contributed by atoms with van der Waals surface area (Å²) < 4.78 is 0. The summed E-state index contributed by atoms with van der Waals surface area (Å²) in [5.41, 5.74) is 6.85. The number of fused-ring (bicyclic) bond motifs is 5. The minimum Gasteiger partial charge on any atom is -0.295 e. The average molecular weight is 749 g/mol. The molecule has 2 nitrogen and oxygen atoms in total. The van der Waals surface area contributed by atoms with Gasteiger partial charge >= 0.3 is 0 Å². The van der Waals surface area contributed by atoms with Crippen molar-refractivity contribution in [3.05, 3.63) is 34.9 Å². The Hall–Kier alpha value is -0.795. The van der Waals surface area contributed by atoms with Crippen LogP contribution in [0, 0.1) is 39.4 Å². The summed E-state index contributed by atoms with van der Waals surface area (Å²) in [5.74, 6) is 5.00. The summed E-state index contributed by atoms with van der Waals surface area (Å²) in [5, 5.41) is 0. The molecule has 0 amide bonds. The van der Waals surface area contributed by atoms with Crippen LogP contribution in [0.4, 0.5) is 0 Å². The van der Waals surface area contributed by atoms with Gasteiger partial charge in [-0.25, -0.2) is 0 Å². The van der Waals surface area contributed by atoms with E-state index < -0.39 is 0 Å². The fourth-order valence-electron chi connectivity index (χ4n) is 16.7. The van der Waals surface area contributed by atoms with E-state index in [1.807, 2.05) is 5.57 Å². The number of hydrogen-bond donors (Lipinski definition) is 0. The summed E-state index contributed by atoms with van der Waals surface area (Å²) >= 11 is 0. The van der Waals surface area contributed by atoms with Gasteiger partial charge in [-0.15, -0.1) is 0 Å². The SMILES string of the molecule is CC(C)(C)C1=CC2B3C4CC(C(C)(C)C)=CCC4N(C4CCC(C(C)(C)C)CC4)C4CC(C5CCCCCC5)CC(C34)N3C2C(=C1)C1(CCCCC1)C3(C)C. The van der Waals surface area contributed by atoms with Crippen LogP contribution >= 0.6 is 0 Å². The average Bonchev–Trinajstić information content (AvgIpc) is 3.32. The van der Waals surface area contributed by atoms with Crippen LogP contribution in [0.2, 0.25) is 17.5 Å². The van der Waals surface area contributed by atoms with E-state index in [1.165, 1.54) is 122 Å². The molecule has 3 heterocycles. The molecule has 55 heavy (non-hydrogen) atoms. The third-order valence-electron chi connectivity index (χ3n) is 19.5. The van der Waals surface area contributed by atoms with Gasteiger partial charge in [-0.2, -0.15) is 0 Å². The van der Waals surface area contributed by atoms with Gasteiger partial charge in [0.1, 0.15) is 0 Å². The largest absolute Gasteiger partial charge is 0.295 e. The predicted octanol–water partition coefficient (Wildman–Crippen LogP) is 14.1. The zero-order valence-electron chi connectivity index (χ0n) is 38.0. The van der Waals surface area contributed by atoms with E-state index in [9.17, 15) is 0 Å². The van der Waals surface area contributed by atoms with Crippen molar-refractivity contribution in [1.29, 1.82) is 0 Å². The standard InChI is InChI=1S/C52H85BN2/c1-48(2,3)36-21-24-39(25-22-36)54-43-26-23-37(49(4,5)6)32-41(43)53-42-33-38(50(7,8)9)31-40-47(42)55(51(10,11)52(40)27-17-14-18-28-52)45-30-35(29-44(54)46(45)53)34-19-15-12-13-16-20-34/h23,31,33-36,39,41-47H,12-22,24-30,32H2,1-11H3. The highest BCUT2D eigenvalue weighted by Gasteiger charge is 2.72. The lowest BCUT2D eigenvalue weighted by molar-refractivity contribution is -0.0749. The molecule has 8 unspecified atom stereocenters. The number of nitrogens with zero attached hydrogens (tertiary/aromatic N) is 2. The Kier molecular flexibility index (Phi) is 10.0. The Morgan fingerprint density at radius 2 is 1.33 bits per heavy atom. The van der Waals surface area contributed by atoms with Crippen LogP contribution in [-0.2, 0) is 0 Å².